The summed E-state index contributed by atoms with van der Waals surface area (Å²) in [6, 6.07) is -0.838. The summed E-state index contributed by atoms with van der Waals surface area (Å²) in [6.07, 6.45) is 2.51. The molecule has 0 aromatic heterocycles. The summed E-state index contributed by atoms with van der Waals surface area (Å²) in [5, 5.41) is 19.7. The van der Waals surface area contributed by atoms with Crippen molar-refractivity contribution in [1.29, 1.82) is 0 Å². The Kier molecular flexibility index (Phi) is 6.37. The van der Waals surface area contributed by atoms with E-state index in [0.29, 0.717) is 12.8 Å². The maximum atomic E-state index is 10.8. The van der Waals surface area contributed by atoms with Crippen LogP contribution in [-0.2, 0) is 4.79 Å². The third-order valence-electron chi connectivity index (χ3n) is 2.74. The average Bonchev–Trinajstić information content (AvgIpc) is 2.22. The highest BCUT2D eigenvalue weighted by Crippen LogP contribution is 2.25. The third-order valence-corrected chi connectivity index (χ3v) is 2.74. The highest BCUT2D eigenvalue weighted by atomic mass is 16.6. The monoisotopic (exact) mass is 229 g/mol. The van der Waals surface area contributed by atoms with Crippen LogP contribution in [0.1, 0.15) is 39.5 Å². The molecule has 0 rings (SSSR count). The predicted octanol–water partition coefficient (Wildman–Crippen LogP) is 2.49. The van der Waals surface area contributed by atoms with Crippen LogP contribution >= 0.6 is 0 Å². The number of hydrogen-bond acceptors (Lipinski definition) is 3. The van der Waals surface area contributed by atoms with Gasteiger partial charge in [0.05, 0.1) is 5.92 Å². The Bertz CT molecular complexity index is 275. The molecule has 0 amide bonds. The first-order valence-electron chi connectivity index (χ1n) is 5.51. The molecule has 0 fully saturated rings. The molecule has 92 valence electrons. The summed E-state index contributed by atoms with van der Waals surface area (Å²) in [6.45, 7) is 7.12. The summed E-state index contributed by atoms with van der Waals surface area (Å²) in [7, 11) is 0. The van der Waals surface area contributed by atoms with Gasteiger partial charge in [-0.25, -0.2) is 4.79 Å². The zero-order valence-electron chi connectivity index (χ0n) is 9.81. The lowest BCUT2D eigenvalue weighted by Crippen LogP contribution is -2.31. The lowest BCUT2D eigenvalue weighted by molar-refractivity contribution is -0.530. The van der Waals surface area contributed by atoms with Crippen molar-refractivity contribution in [1.82, 2.24) is 0 Å². The molecule has 1 N–H and O–H groups in total. The fraction of sp³-hybridized carbons (Fsp3) is 0.727. The SMILES string of the molecule is C=C(C(=O)O)C(CCCC)C(CC)[N+](=O)[O-]. The Morgan fingerprint density at radius 2 is 2.06 bits per heavy atom. The van der Waals surface area contributed by atoms with E-state index in [4.69, 9.17) is 5.11 Å². The molecule has 0 heterocycles. The molecule has 0 radical (unpaired) electrons. The van der Waals surface area contributed by atoms with Gasteiger partial charge in [0.1, 0.15) is 0 Å². The minimum Gasteiger partial charge on any atom is -0.478 e. The van der Waals surface area contributed by atoms with Crippen LogP contribution in [0.3, 0.4) is 0 Å². The molecule has 0 aliphatic carbocycles. The van der Waals surface area contributed by atoms with Crippen LogP contribution in [0.2, 0.25) is 0 Å². The first-order chi connectivity index (χ1) is 7.45. The number of carbonyl (C=O) groups is 1. The van der Waals surface area contributed by atoms with Crippen LogP contribution in [0.4, 0.5) is 0 Å². The Morgan fingerprint density at radius 1 is 1.50 bits per heavy atom. The van der Waals surface area contributed by atoms with E-state index in [0.717, 1.165) is 12.8 Å². The topological polar surface area (TPSA) is 80.4 Å². The largest absolute Gasteiger partial charge is 0.478 e. The van der Waals surface area contributed by atoms with Crippen molar-refractivity contribution in [3.8, 4) is 0 Å². The van der Waals surface area contributed by atoms with Gasteiger partial charge < -0.3 is 5.11 Å². The molecule has 0 spiro atoms. The van der Waals surface area contributed by atoms with Gasteiger partial charge in [-0.05, 0) is 6.42 Å². The fourth-order valence-electron chi connectivity index (χ4n) is 1.76. The molecule has 0 saturated carbocycles. The number of aliphatic carboxylic acids is 1. The van der Waals surface area contributed by atoms with Gasteiger partial charge in [0, 0.05) is 16.9 Å². The maximum Gasteiger partial charge on any atom is 0.331 e. The molecule has 0 aliphatic rings. The van der Waals surface area contributed by atoms with E-state index >= 15 is 0 Å². The Balaban J connectivity index is 4.82. The van der Waals surface area contributed by atoms with E-state index in [2.05, 4.69) is 6.58 Å². The molecule has 0 bridgehead atoms. The van der Waals surface area contributed by atoms with E-state index in [1.165, 1.54) is 0 Å². The first kappa shape index (κ1) is 14.6. The lowest BCUT2D eigenvalue weighted by Gasteiger charge is -2.19. The minimum absolute atomic E-state index is 0.0444. The maximum absolute atomic E-state index is 10.8. The van der Waals surface area contributed by atoms with Gasteiger partial charge in [-0.3, -0.25) is 10.1 Å². The first-order valence-corrected chi connectivity index (χ1v) is 5.51. The second kappa shape index (κ2) is 6.98. The van der Waals surface area contributed by atoms with Crippen LogP contribution in [0.5, 0.6) is 0 Å². The number of carboxylic acids is 1. The van der Waals surface area contributed by atoms with Gasteiger partial charge >= 0.3 is 5.97 Å². The van der Waals surface area contributed by atoms with E-state index < -0.39 is 22.9 Å². The number of nitro groups is 1. The van der Waals surface area contributed by atoms with Crippen molar-refractivity contribution in [2.45, 2.75) is 45.6 Å². The van der Waals surface area contributed by atoms with Crippen LogP contribution in [0, 0.1) is 16.0 Å². The molecule has 0 aliphatic heterocycles. The average molecular weight is 229 g/mol. The second-order valence-corrected chi connectivity index (χ2v) is 3.84. The number of hydrogen-bond donors (Lipinski definition) is 1. The fourth-order valence-corrected chi connectivity index (χ4v) is 1.76. The third kappa shape index (κ3) is 4.00. The second-order valence-electron chi connectivity index (χ2n) is 3.84. The van der Waals surface area contributed by atoms with E-state index in [1.54, 1.807) is 6.92 Å². The highest BCUT2D eigenvalue weighted by molar-refractivity contribution is 5.86. The molecule has 0 aromatic rings. The molecule has 0 saturated heterocycles. The van der Waals surface area contributed by atoms with Crippen LogP contribution in [-0.4, -0.2) is 22.0 Å². The van der Waals surface area contributed by atoms with Crippen molar-refractivity contribution in [2.75, 3.05) is 0 Å². The zero-order chi connectivity index (χ0) is 12.7. The zero-order valence-corrected chi connectivity index (χ0v) is 9.81. The van der Waals surface area contributed by atoms with Gasteiger partial charge in [0.2, 0.25) is 6.04 Å². The summed E-state index contributed by atoms with van der Waals surface area (Å²) < 4.78 is 0. The van der Waals surface area contributed by atoms with Crippen molar-refractivity contribution in [3.63, 3.8) is 0 Å². The molecular formula is C11H19NO4. The number of rotatable bonds is 8. The summed E-state index contributed by atoms with van der Waals surface area (Å²) >= 11 is 0. The Labute approximate surface area is 95.3 Å². The van der Waals surface area contributed by atoms with Crippen molar-refractivity contribution in [2.24, 2.45) is 5.92 Å². The molecule has 2 unspecified atom stereocenters. The van der Waals surface area contributed by atoms with Gasteiger partial charge in [0.15, 0.2) is 0 Å². The van der Waals surface area contributed by atoms with Gasteiger partial charge in [-0.1, -0.05) is 33.3 Å². The van der Waals surface area contributed by atoms with Crippen molar-refractivity contribution in [3.05, 3.63) is 22.3 Å². The van der Waals surface area contributed by atoms with Crippen molar-refractivity contribution < 1.29 is 14.8 Å². The number of carboxylic acid groups (broad SMARTS) is 1. The summed E-state index contributed by atoms with van der Waals surface area (Å²) in [5.41, 5.74) is -0.0444. The summed E-state index contributed by atoms with van der Waals surface area (Å²) in [4.78, 5) is 21.3. The van der Waals surface area contributed by atoms with Gasteiger partial charge in [0.25, 0.3) is 0 Å². The molecule has 5 nitrogen and oxygen atoms in total. The van der Waals surface area contributed by atoms with Crippen LogP contribution in [0.15, 0.2) is 12.2 Å². The normalized spacial score (nSPS) is 14.1. The molecular weight excluding hydrogens is 210 g/mol. The van der Waals surface area contributed by atoms with Crippen LogP contribution in [0.25, 0.3) is 0 Å². The highest BCUT2D eigenvalue weighted by Gasteiger charge is 2.33. The number of nitrogens with zero attached hydrogens (tertiary/aromatic N) is 1. The standard InChI is InChI=1S/C11H19NO4/c1-4-6-7-9(8(3)11(13)14)10(5-2)12(15)16/h9-10H,3-7H2,1-2H3,(H,13,14). The minimum atomic E-state index is -1.14. The smallest absolute Gasteiger partial charge is 0.331 e. The summed E-state index contributed by atoms with van der Waals surface area (Å²) in [5.74, 6) is -1.70. The van der Waals surface area contributed by atoms with Gasteiger partial charge in [-0.2, -0.15) is 0 Å². The molecule has 2 atom stereocenters. The van der Waals surface area contributed by atoms with E-state index in [9.17, 15) is 14.9 Å². The molecule has 5 heteroatoms. The lowest BCUT2D eigenvalue weighted by atomic mass is 9.86. The Morgan fingerprint density at radius 3 is 2.38 bits per heavy atom. The molecule has 0 aromatic carbocycles. The predicted molar refractivity (Wildman–Crippen MR) is 60.9 cm³/mol. The van der Waals surface area contributed by atoms with Gasteiger partial charge in [-0.15, -0.1) is 0 Å². The molecule has 16 heavy (non-hydrogen) atoms. The van der Waals surface area contributed by atoms with E-state index in [1.807, 2.05) is 6.92 Å². The Hall–Kier alpha value is -1.39. The van der Waals surface area contributed by atoms with Crippen molar-refractivity contribution >= 4 is 5.97 Å². The number of unbranched alkanes of at least 4 members (excludes halogenated alkanes) is 1. The van der Waals surface area contributed by atoms with Crippen LogP contribution < -0.4 is 0 Å². The van der Waals surface area contributed by atoms with E-state index in [-0.39, 0.29) is 5.57 Å². The quantitative estimate of drug-likeness (QED) is 0.394.